The number of nitrogens with two attached hydrogens (primary N) is 1. The summed E-state index contributed by atoms with van der Waals surface area (Å²) >= 11 is 0. The Morgan fingerprint density at radius 2 is 1.74 bits per heavy atom. The summed E-state index contributed by atoms with van der Waals surface area (Å²) in [6.45, 7) is 1.51. The number of halogens is 1. The summed E-state index contributed by atoms with van der Waals surface area (Å²) in [5.74, 6) is -2.38. The molecule has 3 aromatic rings. The second kappa shape index (κ2) is 8.97. The van der Waals surface area contributed by atoms with E-state index in [1.807, 2.05) is 0 Å². The number of primary sulfonamides is 1. The van der Waals surface area contributed by atoms with Gasteiger partial charge in [0, 0.05) is 11.3 Å². The molecule has 0 aromatic heterocycles. The van der Waals surface area contributed by atoms with E-state index >= 15 is 0 Å². The Balaban J connectivity index is 1.94. The number of ketones is 1. The highest BCUT2D eigenvalue weighted by atomic mass is 32.2. The third-order valence-electron chi connectivity index (χ3n) is 5.73. The van der Waals surface area contributed by atoms with Crippen LogP contribution in [0.1, 0.15) is 22.7 Å². The van der Waals surface area contributed by atoms with Crippen molar-refractivity contribution in [2.75, 3.05) is 12.0 Å². The zero-order valence-corrected chi connectivity index (χ0v) is 19.5. The van der Waals surface area contributed by atoms with Crippen molar-refractivity contribution in [1.29, 1.82) is 0 Å². The fraction of sp³-hybridized carbons (Fsp3) is 0.120. The molecule has 1 aliphatic heterocycles. The van der Waals surface area contributed by atoms with Crippen molar-refractivity contribution < 1.29 is 32.2 Å². The van der Waals surface area contributed by atoms with Crippen LogP contribution >= 0.6 is 0 Å². The van der Waals surface area contributed by atoms with Crippen LogP contribution in [0.4, 0.5) is 10.1 Å². The van der Waals surface area contributed by atoms with Crippen molar-refractivity contribution in [3.05, 3.63) is 94.8 Å². The molecule has 180 valence electrons. The predicted molar refractivity (Wildman–Crippen MR) is 127 cm³/mol. The van der Waals surface area contributed by atoms with E-state index in [1.54, 1.807) is 24.3 Å². The molecule has 0 bridgehead atoms. The van der Waals surface area contributed by atoms with Crippen molar-refractivity contribution >= 4 is 33.2 Å². The molecule has 3 N–H and O–H groups in total. The first-order valence-electron chi connectivity index (χ1n) is 10.4. The third kappa shape index (κ3) is 4.41. The van der Waals surface area contributed by atoms with Crippen molar-refractivity contribution in [3.8, 4) is 5.75 Å². The number of amides is 1. The second-order valence-corrected chi connectivity index (χ2v) is 9.51. The fourth-order valence-electron chi connectivity index (χ4n) is 3.97. The first-order chi connectivity index (χ1) is 16.5. The molecular formula is C25H21FN2O6S. The summed E-state index contributed by atoms with van der Waals surface area (Å²) in [4.78, 5) is 27.4. The van der Waals surface area contributed by atoms with E-state index in [9.17, 15) is 27.5 Å². The van der Waals surface area contributed by atoms with Gasteiger partial charge in [-0.2, -0.15) is 0 Å². The van der Waals surface area contributed by atoms with Crippen LogP contribution in [-0.2, 0) is 19.6 Å². The molecule has 0 radical (unpaired) electrons. The molecule has 0 spiro atoms. The van der Waals surface area contributed by atoms with Crippen LogP contribution in [0, 0.1) is 12.7 Å². The first kappa shape index (κ1) is 24.1. The fourth-order valence-corrected chi connectivity index (χ4v) is 4.49. The zero-order chi connectivity index (χ0) is 25.5. The number of sulfonamides is 1. The van der Waals surface area contributed by atoms with Gasteiger partial charge >= 0.3 is 0 Å². The molecule has 1 fully saturated rings. The maximum absolute atomic E-state index is 13.8. The highest BCUT2D eigenvalue weighted by Gasteiger charge is 2.47. The number of nitrogens with zero attached hydrogens (tertiary/aromatic N) is 1. The molecule has 1 amide bonds. The number of aliphatic hydroxyl groups is 1. The highest BCUT2D eigenvalue weighted by Crippen LogP contribution is 2.43. The van der Waals surface area contributed by atoms with E-state index < -0.39 is 39.3 Å². The van der Waals surface area contributed by atoms with Gasteiger partial charge in [0.05, 0.1) is 23.6 Å². The molecule has 1 saturated heterocycles. The standard InChI is InChI=1S/C25H21FN2O6S/c1-14-12-16(6-11-20(14)26)23(29)21-22(15-4-3-5-18(13-15)34-2)28(25(31)24(21)30)17-7-9-19(10-8-17)35(27,32)33/h3-13,22,29H,1-2H3,(H2,27,32,33)/b23-21+. The minimum absolute atomic E-state index is 0.166. The van der Waals surface area contributed by atoms with Crippen molar-refractivity contribution in [1.82, 2.24) is 0 Å². The molecule has 1 heterocycles. The Morgan fingerprint density at radius 3 is 2.34 bits per heavy atom. The molecule has 8 nitrogen and oxygen atoms in total. The number of Topliss-reactive ketones (excluding diaryl/α,β-unsaturated/α-hetero) is 1. The van der Waals surface area contributed by atoms with Gasteiger partial charge in [-0.1, -0.05) is 12.1 Å². The molecule has 0 aliphatic carbocycles. The average Bonchev–Trinajstić information content (AvgIpc) is 3.10. The predicted octanol–water partition coefficient (Wildman–Crippen LogP) is 3.42. The highest BCUT2D eigenvalue weighted by molar-refractivity contribution is 7.89. The molecule has 35 heavy (non-hydrogen) atoms. The van der Waals surface area contributed by atoms with Gasteiger partial charge in [0.25, 0.3) is 11.7 Å². The number of benzene rings is 3. The lowest BCUT2D eigenvalue weighted by Crippen LogP contribution is -2.29. The Morgan fingerprint density at radius 1 is 1.06 bits per heavy atom. The number of rotatable bonds is 5. The number of ether oxygens (including phenoxy) is 1. The smallest absolute Gasteiger partial charge is 0.300 e. The van der Waals surface area contributed by atoms with Crippen LogP contribution < -0.4 is 14.8 Å². The topological polar surface area (TPSA) is 127 Å². The Kier molecular flexibility index (Phi) is 6.18. The Hall–Kier alpha value is -4.02. The molecule has 3 aromatic carbocycles. The van der Waals surface area contributed by atoms with E-state index in [4.69, 9.17) is 9.88 Å². The number of carbonyl (C=O) groups excluding carboxylic acids is 2. The van der Waals surface area contributed by atoms with Gasteiger partial charge in [-0.25, -0.2) is 17.9 Å². The lowest BCUT2D eigenvalue weighted by molar-refractivity contribution is -0.132. The zero-order valence-electron chi connectivity index (χ0n) is 18.7. The van der Waals surface area contributed by atoms with Gasteiger partial charge in [-0.15, -0.1) is 0 Å². The maximum Gasteiger partial charge on any atom is 0.300 e. The molecule has 1 aliphatic rings. The minimum atomic E-state index is -3.98. The van der Waals surface area contributed by atoms with Crippen molar-refractivity contribution in [3.63, 3.8) is 0 Å². The van der Waals surface area contributed by atoms with Crippen LogP contribution in [0.2, 0.25) is 0 Å². The molecule has 1 unspecified atom stereocenters. The second-order valence-electron chi connectivity index (χ2n) is 7.95. The van der Waals surface area contributed by atoms with E-state index in [-0.39, 0.29) is 27.3 Å². The number of carbonyl (C=O) groups is 2. The number of methoxy groups -OCH3 is 1. The van der Waals surface area contributed by atoms with E-state index in [0.29, 0.717) is 11.3 Å². The van der Waals surface area contributed by atoms with Crippen LogP contribution in [0.25, 0.3) is 5.76 Å². The minimum Gasteiger partial charge on any atom is -0.507 e. The summed E-state index contributed by atoms with van der Waals surface area (Å²) in [6, 6.07) is 14.5. The van der Waals surface area contributed by atoms with Crippen molar-refractivity contribution in [2.24, 2.45) is 5.14 Å². The Labute approximate surface area is 201 Å². The van der Waals surface area contributed by atoms with Gasteiger partial charge in [0.2, 0.25) is 10.0 Å². The summed E-state index contributed by atoms with van der Waals surface area (Å²) < 4.78 is 42.4. The molecule has 0 saturated carbocycles. The number of aliphatic hydroxyl groups excluding tert-OH is 1. The largest absolute Gasteiger partial charge is 0.507 e. The first-order valence-corrected chi connectivity index (χ1v) is 11.9. The number of anilines is 1. The van der Waals surface area contributed by atoms with Crippen LogP contribution in [0.3, 0.4) is 0 Å². The average molecular weight is 497 g/mol. The van der Waals surface area contributed by atoms with Gasteiger partial charge in [0.15, 0.2) is 0 Å². The van der Waals surface area contributed by atoms with Crippen molar-refractivity contribution in [2.45, 2.75) is 17.9 Å². The summed E-state index contributed by atoms with van der Waals surface area (Å²) in [5, 5.41) is 16.3. The summed E-state index contributed by atoms with van der Waals surface area (Å²) in [7, 11) is -2.52. The Bertz CT molecular complexity index is 1480. The van der Waals surface area contributed by atoms with E-state index in [0.717, 1.165) is 11.0 Å². The summed E-state index contributed by atoms with van der Waals surface area (Å²) in [6.07, 6.45) is 0. The molecular weight excluding hydrogens is 475 g/mol. The van der Waals surface area contributed by atoms with E-state index in [1.165, 1.54) is 50.4 Å². The summed E-state index contributed by atoms with van der Waals surface area (Å²) in [5.41, 5.74) is 0.880. The van der Waals surface area contributed by atoms with Gasteiger partial charge in [-0.3, -0.25) is 14.5 Å². The van der Waals surface area contributed by atoms with Crippen LogP contribution in [-0.4, -0.2) is 32.3 Å². The lowest BCUT2D eigenvalue weighted by Gasteiger charge is -2.26. The van der Waals surface area contributed by atoms with Crippen LogP contribution in [0.15, 0.2) is 77.2 Å². The molecule has 1 atom stereocenters. The van der Waals surface area contributed by atoms with Gasteiger partial charge < -0.3 is 9.84 Å². The van der Waals surface area contributed by atoms with Crippen LogP contribution in [0.5, 0.6) is 5.75 Å². The molecule has 4 rings (SSSR count). The normalized spacial score (nSPS) is 17.6. The number of aryl methyl sites for hydroxylation is 1. The van der Waals surface area contributed by atoms with E-state index in [2.05, 4.69) is 0 Å². The third-order valence-corrected chi connectivity index (χ3v) is 6.66. The molecule has 10 heteroatoms. The van der Waals surface area contributed by atoms with Gasteiger partial charge in [0.1, 0.15) is 17.3 Å². The maximum atomic E-state index is 13.8. The SMILES string of the molecule is COc1cccc(C2/C(=C(\O)c3ccc(F)c(C)c3)C(=O)C(=O)N2c2ccc(S(N)(=O)=O)cc2)c1. The van der Waals surface area contributed by atoms with Gasteiger partial charge in [-0.05, 0) is 72.6 Å². The number of hydrogen-bond donors (Lipinski definition) is 2. The quantitative estimate of drug-likeness (QED) is 0.317. The lowest BCUT2D eigenvalue weighted by atomic mass is 9.94. The number of hydrogen-bond acceptors (Lipinski definition) is 6. The monoisotopic (exact) mass is 496 g/mol.